The second-order valence-corrected chi connectivity index (χ2v) is 9.57. The largest absolute Gasteiger partial charge is 0.469 e. The van der Waals surface area contributed by atoms with Crippen LogP contribution in [0.15, 0.2) is 0 Å². The van der Waals surface area contributed by atoms with Gasteiger partial charge in [-0.2, -0.15) is 0 Å². The molecule has 0 N–H and O–H groups in total. The van der Waals surface area contributed by atoms with Gasteiger partial charge in [-0.3, -0.25) is 19.2 Å². The van der Waals surface area contributed by atoms with Crippen LogP contribution in [0.5, 0.6) is 0 Å². The highest BCUT2D eigenvalue weighted by Gasteiger charge is 2.45. The summed E-state index contributed by atoms with van der Waals surface area (Å²) in [6, 6.07) is 0. The van der Waals surface area contributed by atoms with Crippen LogP contribution in [0.2, 0.25) is 0 Å². The maximum atomic E-state index is 13.1. The van der Waals surface area contributed by atoms with E-state index in [-0.39, 0.29) is 31.8 Å². The number of esters is 4. The highest BCUT2D eigenvalue weighted by molar-refractivity contribution is 5.85. The van der Waals surface area contributed by atoms with Crippen LogP contribution in [-0.4, -0.2) is 75.8 Å². The number of nitrogens with zero attached hydrogens (tertiary/aromatic N) is 1. The van der Waals surface area contributed by atoms with Crippen molar-refractivity contribution in [3.8, 4) is 0 Å². The monoisotopic (exact) mass is 487 g/mol. The molecular weight excluding hydrogens is 442 g/mol. The molecule has 0 rings (SSSR count). The van der Waals surface area contributed by atoms with Crippen molar-refractivity contribution in [2.24, 2.45) is 10.8 Å². The van der Waals surface area contributed by atoms with Crippen molar-refractivity contribution in [3.05, 3.63) is 0 Å². The number of carbonyl (C=O) groups is 4. The third-order valence-corrected chi connectivity index (χ3v) is 5.57. The molecule has 1 unspecified atom stereocenters. The van der Waals surface area contributed by atoms with Gasteiger partial charge >= 0.3 is 23.9 Å². The summed E-state index contributed by atoms with van der Waals surface area (Å²) < 4.78 is 20.6. The molecule has 9 heteroatoms. The molecular formula is C25H45NO8. The van der Waals surface area contributed by atoms with Crippen LogP contribution in [0, 0.1) is 10.8 Å². The number of carbonyl (C=O) groups excluding carboxylic acids is 4. The molecule has 0 saturated heterocycles. The molecule has 0 aliphatic heterocycles. The van der Waals surface area contributed by atoms with Gasteiger partial charge in [-0.15, -0.1) is 0 Å². The molecule has 34 heavy (non-hydrogen) atoms. The van der Waals surface area contributed by atoms with Crippen LogP contribution in [0.3, 0.4) is 0 Å². The van der Waals surface area contributed by atoms with Gasteiger partial charge in [0, 0.05) is 13.1 Å². The van der Waals surface area contributed by atoms with Gasteiger partial charge < -0.3 is 23.8 Å². The molecule has 0 aliphatic rings. The molecule has 0 saturated carbocycles. The molecule has 198 valence electrons. The van der Waals surface area contributed by atoms with Crippen molar-refractivity contribution in [2.45, 2.75) is 79.6 Å². The zero-order chi connectivity index (χ0) is 26.2. The van der Waals surface area contributed by atoms with Gasteiger partial charge in [-0.25, -0.2) is 0 Å². The normalized spacial score (nSPS) is 13.2. The van der Waals surface area contributed by atoms with E-state index in [1.54, 1.807) is 27.7 Å². The van der Waals surface area contributed by atoms with Crippen LogP contribution < -0.4 is 0 Å². The van der Waals surface area contributed by atoms with Gasteiger partial charge in [-0.05, 0) is 47.6 Å². The fourth-order valence-corrected chi connectivity index (χ4v) is 3.71. The third kappa shape index (κ3) is 12.9. The lowest BCUT2D eigenvalue weighted by atomic mass is 9.72. The molecule has 0 spiro atoms. The van der Waals surface area contributed by atoms with E-state index in [1.807, 2.05) is 11.9 Å². The number of hydrogen-bond acceptors (Lipinski definition) is 9. The van der Waals surface area contributed by atoms with Crippen molar-refractivity contribution >= 4 is 23.9 Å². The lowest BCUT2D eigenvalue weighted by molar-refractivity contribution is -0.167. The Morgan fingerprint density at radius 2 is 1.47 bits per heavy atom. The number of ether oxygens (including phenoxy) is 4. The Hall–Kier alpha value is -2.16. The lowest BCUT2D eigenvalue weighted by Gasteiger charge is -2.33. The number of hydrogen-bond donors (Lipinski definition) is 0. The van der Waals surface area contributed by atoms with E-state index in [0.29, 0.717) is 26.3 Å². The summed E-state index contributed by atoms with van der Waals surface area (Å²) in [5.41, 5.74) is -2.26. The van der Waals surface area contributed by atoms with Gasteiger partial charge in [-0.1, -0.05) is 26.2 Å². The van der Waals surface area contributed by atoms with E-state index < -0.39 is 28.7 Å². The molecule has 0 aromatic heterocycles. The minimum Gasteiger partial charge on any atom is -0.469 e. The first-order chi connectivity index (χ1) is 15.9. The lowest BCUT2D eigenvalue weighted by Crippen LogP contribution is -2.41. The standard InChI is InChI=1S/C25H45NO8/c1-8-10-11-12-16-33-21(28)18-25(5,19-24(3,4)22(29)31-7)23(30)34-17-15-26(6)14-13-20(27)32-9-2/h8-19H2,1-7H3. The third-order valence-electron chi connectivity index (χ3n) is 5.57. The van der Waals surface area contributed by atoms with Gasteiger partial charge in [0.1, 0.15) is 6.61 Å². The number of methoxy groups -OCH3 is 1. The number of unbranched alkanes of at least 4 members (excludes halogenated alkanes) is 3. The van der Waals surface area contributed by atoms with Crippen molar-refractivity contribution < 1.29 is 38.1 Å². The Labute approximate surface area is 204 Å². The van der Waals surface area contributed by atoms with E-state index >= 15 is 0 Å². The minimum absolute atomic E-state index is 0.0646. The zero-order valence-corrected chi connectivity index (χ0v) is 22.2. The second kappa shape index (κ2) is 16.5. The molecule has 0 fully saturated rings. The van der Waals surface area contributed by atoms with Crippen molar-refractivity contribution in [1.82, 2.24) is 4.90 Å². The van der Waals surface area contributed by atoms with Gasteiger partial charge in [0.15, 0.2) is 0 Å². The fraction of sp³-hybridized carbons (Fsp3) is 0.840. The Morgan fingerprint density at radius 3 is 2.06 bits per heavy atom. The summed E-state index contributed by atoms with van der Waals surface area (Å²) >= 11 is 0. The van der Waals surface area contributed by atoms with Crippen LogP contribution in [0.25, 0.3) is 0 Å². The molecule has 0 bridgehead atoms. The van der Waals surface area contributed by atoms with E-state index in [1.165, 1.54) is 7.11 Å². The first-order valence-electron chi connectivity index (χ1n) is 12.2. The smallest absolute Gasteiger partial charge is 0.312 e. The Bertz CT molecular complexity index is 649. The highest BCUT2D eigenvalue weighted by Crippen LogP contribution is 2.39. The molecule has 0 aromatic carbocycles. The molecule has 0 radical (unpaired) electrons. The molecule has 1 atom stereocenters. The van der Waals surface area contributed by atoms with Crippen molar-refractivity contribution in [1.29, 1.82) is 0 Å². The first kappa shape index (κ1) is 31.8. The predicted octanol–water partition coefficient (Wildman–Crippen LogP) is 3.52. The maximum Gasteiger partial charge on any atom is 0.312 e. The maximum absolute atomic E-state index is 13.1. The summed E-state index contributed by atoms with van der Waals surface area (Å²) in [7, 11) is 3.10. The predicted molar refractivity (Wildman–Crippen MR) is 128 cm³/mol. The average Bonchev–Trinajstić information content (AvgIpc) is 2.76. The Balaban J connectivity index is 5.02. The fourth-order valence-electron chi connectivity index (χ4n) is 3.71. The molecule has 0 heterocycles. The van der Waals surface area contributed by atoms with E-state index in [2.05, 4.69) is 6.92 Å². The van der Waals surface area contributed by atoms with Crippen LogP contribution >= 0.6 is 0 Å². The number of rotatable bonds is 18. The van der Waals surface area contributed by atoms with E-state index in [9.17, 15) is 19.2 Å². The first-order valence-corrected chi connectivity index (χ1v) is 12.2. The van der Waals surface area contributed by atoms with Gasteiger partial charge in [0.05, 0.1) is 44.0 Å². The van der Waals surface area contributed by atoms with Crippen LogP contribution in [0.1, 0.15) is 79.6 Å². The Morgan fingerprint density at radius 1 is 0.794 bits per heavy atom. The van der Waals surface area contributed by atoms with Gasteiger partial charge in [0.2, 0.25) is 0 Å². The van der Waals surface area contributed by atoms with Crippen molar-refractivity contribution in [3.63, 3.8) is 0 Å². The van der Waals surface area contributed by atoms with Crippen LogP contribution in [-0.2, 0) is 38.1 Å². The zero-order valence-electron chi connectivity index (χ0n) is 22.2. The van der Waals surface area contributed by atoms with E-state index in [0.717, 1.165) is 25.7 Å². The second-order valence-electron chi connectivity index (χ2n) is 9.57. The topological polar surface area (TPSA) is 108 Å². The summed E-state index contributed by atoms with van der Waals surface area (Å²) in [5.74, 6) is -1.83. The molecule has 0 amide bonds. The van der Waals surface area contributed by atoms with Crippen molar-refractivity contribution in [2.75, 3.05) is 47.1 Å². The SMILES string of the molecule is CCCCCCOC(=O)CC(C)(CC(C)(C)C(=O)OC)C(=O)OCCN(C)CCC(=O)OCC. The Kier molecular flexibility index (Phi) is 15.4. The molecule has 0 aliphatic carbocycles. The van der Waals surface area contributed by atoms with E-state index in [4.69, 9.17) is 18.9 Å². The molecule has 0 aromatic rings. The summed E-state index contributed by atoms with van der Waals surface area (Å²) in [6.07, 6.45) is 4.01. The summed E-state index contributed by atoms with van der Waals surface area (Å²) in [5, 5.41) is 0. The van der Waals surface area contributed by atoms with Gasteiger partial charge in [0.25, 0.3) is 0 Å². The summed E-state index contributed by atoms with van der Waals surface area (Å²) in [6.45, 7) is 10.4. The average molecular weight is 488 g/mol. The van der Waals surface area contributed by atoms with Crippen LogP contribution in [0.4, 0.5) is 0 Å². The summed E-state index contributed by atoms with van der Waals surface area (Å²) in [4.78, 5) is 51.1. The minimum atomic E-state index is -1.26. The highest BCUT2D eigenvalue weighted by atomic mass is 16.5. The quantitative estimate of drug-likeness (QED) is 0.163. The number of likely N-dealkylation sites (N-methyl/N-ethyl adjacent to an activating group) is 1. The molecule has 9 nitrogen and oxygen atoms in total.